The minimum Gasteiger partial charge on any atom is -0.493 e. The van der Waals surface area contributed by atoms with E-state index in [0.29, 0.717) is 30.9 Å². The number of thiophene rings is 1. The molecule has 1 atom stereocenters. The first-order valence-corrected chi connectivity index (χ1v) is 11.5. The van der Waals surface area contributed by atoms with Crippen LogP contribution in [-0.4, -0.2) is 43.4 Å². The van der Waals surface area contributed by atoms with E-state index < -0.39 is 9.84 Å². The van der Waals surface area contributed by atoms with Crippen LogP contribution in [0, 0.1) is 0 Å². The molecule has 2 aromatic rings. The molecule has 0 bridgehead atoms. The number of carbonyl (C=O) groups excluding carboxylic acids is 1. The summed E-state index contributed by atoms with van der Waals surface area (Å²) < 4.78 is 29.6. The molecule has 7 heteroatoms. The van der Waals surface area contributed by atoms with E-state index in [0.717, 1.165) is 11.3 Å². The number of amides is 1. The van der Waals surface area contributed by atoms with Crippen molar-refractivity contribution < 1.29 is 17.9 Å². The molecule has 0 aliphatic carbocycles. The maximum Gasteiger partial charge on any atom is 0.258 e. The lowest BCUT2D eigenvalue weighted by molar-refractivity contribution is 0.0678. The monoisotopic (exact) mass is 393 g/mol. The standard InChI is InChI=1S/C19H23NO4S2/c1-2-10-24-18-8-4-3-7-17(18)19(21)20(13-16-6-5-11-25-16)15-9-12-26(22,23)14-15/h3-8,11,15H,2,9-10,12-14H2,1H3/t15-/m1/s1. The number of para-hydroxylation sites is 1. The summed E-state index contributed by atoms with van der Waals surface area (Å²) in [6, 6.07) is 10.8. The largest absolute Gasteiger partial charge is 0.493 e. The number of benzene rings is 1. The number of carbonyl (C=O) groups is 1. The third-order valence-electron chi connectivity index (χ3n) is 4.40. The molecule has 1 fully saturated rings. The fourth-order valence-electron chi connectivity index (χ4n) is 3.09. The Labute approximate surface area is 158 Å². The second-order valence-electron chi connectivity index (χ2n) is 6.41. The fraction of sp³-hybridized carbons (Fsp3) is 0.421. The molecule has 0 spiro atoms. The molecule has 2 heterocycles. The number of hydrogen-bond acceptors (Lipinski definition) is 5. The molecule has 1 aromatic carbocycles. The summed E-state index contributed by atoms with van der Waals surface area (Å²) in [5.74, 6) is 0.547. The lowest BCUT2D eigenvalue weighted by Crippen LogP contribution is -2.40. The van der Waals surface area contributed by atoms with E-state index in [-0.39, 0.29) is 23.5 Å². The number of sulfone groups is 1. The normalized spacial score (nSPS) is 18.6. The predicted molar refractivity (Wildman–Crippen MR) is 103 cm³/mol. The van der Waals surface area contributed by atoms with Crippen LogP contribution in [0.1, 0.15) is 35.0 Å². The maximum absolute atomic E-state index is 13.3. The summed E-state index contributed by atoms with van der Waals surface area (Å²) >= 11 is 1.57. The van der Waals surface area contributed by atoms with E-state index in [4.69, 9.17) is 4.74 Å². The Morgan fingerprint density at radius 1 is 1.27 bits per heavy atom. The first kappa shape index (κ1) is 18.9. The van der Waals surface area contributed by atoms with Crippen molar-refractivity contribution in [1.82, 2.24) is 4.90 Å². The summed E-state index contributed by atoms with van der Waals surface area (Å²) in [4.78, 5) is 16.0. The van der Waals surface area contributed by atoms with Gasteiger partial charge >= 0.3 is 0 Å². The van der Waals surface area contributed by atoms with Crippen molar-refractivity contribution in [2.24, 2.45) is 0 Å². The second kappa shape index (κ2) is 8.22. The smallest absolute Gasteiger partial charge is 0.258 e. The van der Waals surface area contributed by atoms with Gasteiger partial charge in [-0.25, -0.2) is 8.42 Å². The summed E-state index contributed by atoms with van der Waals surface area (Å²) in [5, 5.41) is 1.96. The van der Waals surface area contributed by atoms with Crippen LogP contribution in [0.4, 0.5) is 0 Å². The zero-order valence-electron chi connectivity index (χ0n) is 14.8. The van der Waals surface area contributed by atoms with Crippen molar-refractivity contribution >= 4 is 27.1 Å². The lowest BCUT2D eigenvalue weighted by Gasteiger charge is -2.28. The van der Waals surface area contributed by atoms with E-state index in [9.17, 15) is 13.2 Å². The highest BCUT2D eigenvalue weighted by Gasteiger charge is 2.35. The van der Waals surface area contributed by atoms with Crippen molar-refractivity contribution in [2.45, 2.75) is 32.4 Å². The van der Waals surface area contributed by atoms with Crippen LogP contribution in [0.3, 0.4) is 0 Å². The summed E-state index contributed by atoms with van der Waals surface area (Å²) in [6.45, 7) is 2.96. The molecular weight excluding hydrogens is 370 g/mol. The van der Waals surface area contributed by atoms with Gasteiger partial charge in [0.2, 0.25) is 0 Å². The summed E-state index contributed by atoms with van der Waals surface area (Å²) in [5.41, 5.74) is 0.488. The van der Waals surface area contributed by atoms with Crippen molar-refractivity contribution in [3.8, 4) is 5.75 Å². The molecule has 1 aliphatic rings. The minimum atomic E-state index is -3.08. The van der Waals surface area contributed by atoms with Gasteiger partial charge in [0.1, 0.15) is 5.75 Å². The third kappa shape index (κ3) is 4.45. The molecule has 26 heavy (non-hydrogen) atoms. The Kier molecular flexibility index (Phi) is 5.98. The molecule has 1 aliphatic heterocycles. The van der Waals surface area contributed by atoms with Gasteiger partial charge < -0.3 is 9.64 Å². The topological polar surface area (TPSA) is 63.7 Å². The van der Waals surface area contributed by atoms with Gasteiger partial charge in [-0.2, -0.15) is 0 Å². The van der Waals surface area contributed by atoms with Crippen LogP contribution in [0.2, 0.25) is 0 Å². The molecule has 0 N–H and O–H groups in total. The molecule has 0 unspecified atom stereocenters. The van der Waals surface area contributed by atoms with Gasteiger partial charge in [-0.3, -0.25) is 4.79 Å². The van der Waals surface area contributed by atoms with E-state index in [2.05, 4.69) is 0 Å². The Bertz CT molecular complexity index is 846. The van der Waals surface area contributed by atoms with E-state index in [1.807, 2.05) is 30.5 Å². The quantitative estimate of drug-likeness (QED) is 0.724. The first-order valence-electron chi connectivity index (χ1n) is 8.76. The molecule has 1 saturated heterocycles. The van der Waals surface area contributed by atoms with Crippen molar-refractivity contribution in [2.75, 3.05) is 18.1 Å². The van der Waals surface area contributed by atoms with E-state index in [1.54, 1.807) is 34.4 Å². The van der Waals surface area contributed by atoms with Gasteiger partial charge in [-0.15, -0.1) is 11.3 Å². The van der Waals surface area contributed by atoms with Crippen LogP contribution in [0.25, 0.3) is 0 Å². The SMILES string of the molecule is CCCOc1ccccc1C(=O)N(Cc1cccs1)[C@@H]1CCS(=O)(=O)C1. The number of ether oxygens (including phenoxy) is 1. The lowest BCUT2D eigenvalue weighted by atomic mass is 10.1. The zero-order chi connectivity index (χ0) is 18.6. The van der Waals surface area contributed by atoms with Gasteiger partial charge in [-0.1, -0.05) is 25.1 Å². The van der Waals surface area contributed by atoms with E-state index >= 15 is 0 Å². The van der Waals surface area contributed by atoms with Crippen LogP contribution in [0.5, 0.6) is 5.75 Å². The van der Waals surface area contributed by atoms with Gasteiger partial charge in [0, 0.05) is 10.9 Å². The minimum absolute atomic E-state index is 0.0299. The van der Waals surface area contributed by atoms with Crippen molar-refractivity contribution in [3.05, 3.63) is 52.2 Å². The van der Waals surface area contributed by atoms with Crippen LogP contribution < -0.4 is 4.74 Å². The zero-order valence-corrected chi connectivity index (χ0v) is 16.4. The molecule has 3 rings (SSSR count). The Morgan fingerprint density at radius 3 is 2.73 bits per heavy atom. The van der Waals surface area contributed by atoms with Crippen molar-refractivity contribution in [1.29, 1.82) is 0 Å². The highest BCUT2D eigenvalue weighted by atomic mass is 32.2. The first-order chi connectivity index (χ1) is 12.5. The Hall–Kier alpha value is -1.86. The number of hydrogen-bond donors (Lipinski definition) is 0. The highest BCUT2D eigenvalue weighted by molar-refractivity contribution is 7.91. The van der Waals surface area contributed by atoms with Gasteiger partial charge in [0.05, 0.1) is 30.2 Å². The molecule has 0 radical (unpaired) electrons. The van der Waals surface area contributed by atoms with Gasteiger partial charge in [-0.05, 0) is 36.4 Å². The number of nitrogens with zero attached hydrogens (tertiary/aromatic N) is 1. The Balaban J connectivity index is 1.90. The van der Waals surface area contributed by atoms with Crippen LogP contribution in [-0.2, 0) is 16.4 Å². The molecule has 5 nitrogen and oxygen atoms in total. The average molecular weight is 394 g/mol. The Morgan fingerprint density at radius 2 is 2.08 bits per heavy atom. The molecule has 1 amide bonds. The van der Waals surface area contributed by atoms with Crippen molar-refractivity contribution in [3.63, 3.8) is 0 Å². The average Bonchev–Trinajstić information content (AvgIpc) is 3.26. The molecule has 140 valence electrons. The molecule has 1 aromatic heterocycles. The van der Waals surface area contributed by atoms with Gasteiger partial charge in [0.25, 0.3) is 5.91 Å². The van der Waals surface area contributed by atoms with Crippen LogP contribution >= 0.6 is 11.3 Å². The highest BCUT2D eigenvalue weighted by Crippen LogP contribution is 2.27. The predicted octanol–water partition coefficient (Wildman–Crippen LogP) is 3.37. The second-order valence-corrected chi connectivity index (χ2v) is 9.67. The fourth-order valence-corrected chi connectivity index (χ4v) is 5.53. The van der Waals surface area contributed by atoms with Crippen LogP contribution in [0.15, 0.2) is 41.8 Å². The van der Waals surface area contributed by atoms with Gasteiger partial charge in [0.15, 0.2) is 9.84 Å². The summed E-state index contributed by atoms with van der Waals surface area (Å²) in [6.07, 6.45) is 1.33. The molecule has 0 saturated carbocycles. The number of rotatable bonds is 7. The van der Waals surface area contributed by atoms with E-state index in [1.165, 1.54) is 0 Å². The third-order valence-corrected chi connectivity index (χ3v) is 7.01. The maximum atomic E-state index is 13.3. The molecular formula is C19H23NO4S2. The summed E-state index contributed by atoms with van der Waals surface area (Å²) in [7, 11) is -3.08.